The van der Waals surface area contributed by atoms with E-state index in [1.165, 1.54) is 0 Å². The lowest BCUT2D eigenvalue weighted by molar-refractivity contribution is -0.150. The molecule has 7 heteroatoms. The summed E-state index contributed by atoms with van der Waals surface area (Å²) < 4.78 is 16.1. The van der Waals surface area contributed by atoms with Crippen LogP contribution in [0.4, 0.5) is 4.79 Å². The summed E-state index contributed by atoms with van der Waals surface area (Å²) in [6.07, 6.45) is 0.965. The number of hydrogen-bond acceptors (Lipinski definition) is 6. The molecule has 2 saturated heterocycles. The summed E-state index contributed by atoms with van der Waals surface area (Å²) in [6, 6.07) is 0. The number of rotatable bonds is 4. The third-order valence-corrected chi connectivity index (χ3v) is 4.24. The molecule has 0 bridgehead atoms. The molecule has 0 aromatic heterocycles. The zero-order chi connectivity index (χ0) is 17.6. The minimum Gasteiger partial charge on any atom is -0.464 e. The molecule has 2 rings (SSSR count). The zero-order valence-corrected chi connectivity index (χ0v) is 15.1. The van der Waals surface area contributed by atoms with Crippen LogP contribution in [0.2, 0.25) is 0 Å². The van der Waals surface area contributed by atoms with Crippen molar-refractivity contribution in [2.45, 2.75) is 39.2 Å². The molecule has 0 aliphatic carbocycles. The zero-order valence-electron chi connectivity index (χ0n) is 15.1. The van der Waals surface area contributed by atoms with Crippen molar-refractivity contribution in [1.82, 2.24) is 9.80 Å². The lowest BCUT2D eigenvalue weighted by Gasteiger charge is -2.32. The van der Waals surface area contributed by atoms with Gasteiger partial charge < -0.3 is 19.1 Å². The van der Waals surface area contributed by atoms with E-state index in [1.807, 2.05) is 20.8 Å². The van der Waals surface area contributed by atoms with E-state index in [0.29, 0.717) is 32.5 Å². The molecule has 2 fully saturated rings. The Morgan fingerprint density at radius 1 is 1.08 bits per heavy atom. The highest BCUT2D eigenvalue weighted by molar-refractivity contribution is 5.73. The van der Waals surface area contributed by atoms with Crippen molar-refractivity contribution in [3.8, 4) is 0 Å². The molecule has 0 saturated carbocycles. The summed E-state index contributed by atoms with van der Waals surface area (Å²) in [5.74, 6) is -0.263. The summed E-state index contributed by atoms with van der Waals surface area (Å²) in [5, 5.41) is 0. The Kier molecular flexibility index (Phi) is 6.86. The van der Waals surface area contributed by atoms with Crippen LogP contribution in [0.3, 0.4) is 0 Å². The molecule has 24 heavy (non-hydrogen) atoms. The van der Waals surface area contributed by atoms with Gasteiger partial charge in [0.1, 0.15) is 12.2 Å². The Labute approximate surface area is 144 Å². The quantitative estimate of drug-likeness (QED) is 0.722. The maximum absolute atomic E-state index is 12.1. The van der Waals surface area contributed by atoms with Crippen molar-refractivity contribution in [1.29, 1.82) is 0 Å². The second kappa shape index (κ2) is 8.67. The van der Waals surface area contributed by atoms with Crippen LogP contribution < -0.4 is 0 Å². The third-order valence-electron chi connectivity index (χ3n) is 4.24. The number of carbonyl (C=O) groups excluding carboxylic acids is 2. The molecule has 2 aliphatic heterocycles. The van der Waals surface area contributed by atoms with E-state index in [2.05, 4.69) is 4.90 Å². The van der Waals surface area contributed by atoms with Gasteiger partial charge in [-0.05, 0) is 33.6 Å². The maximum atomic E-state index is 12.1. The molecular weight excluding hydrogens is 312 g/mol. The summed E-state index contributed by atoms with van der Waals surface area (Å²) in [6.45, 7) is 11.1. The Bertz CT molecular complexity index is 421. The van der Waals surface area contributed by atoms with Crippen LogP contribution in [-0.2, 0) is 19.0 Å². The number of morpholine rings is 1. The molecule has 0 aromatic rings. The highest BCUT2D eigenvalue weighted by Crippen LogP contribution is 2.20. The maximum Gasteiger partial charge on any atom is 0.410 e. The average Bonchev–Trinajstić information content (AvgIpc) is 2.54. The van der Waals surface area contributed by atoms with Gasteiger partial charge in [-0.25, -0.2) is 4.79 Å². The first kappa shape index (κ1) is 19.0. The number of likely N-dealkylation sites (tertiary alicyclic amines) is 1. The standard InChI is InChI=1S/C17H30N2O5/c1-17(2,3)24-16(21)19-6-4-14(5-7-19)15(20)23-13-10-18-8-11-22-12-9-18/h14H,4-13H2,1-3H3. The summed E-state index contributed by atoms with van der Waals surface area (Å²) >= 11 is 0. The van der Waals surface area contributed by atoms with Crippen LogP contribution in [0, 0.1) is 5.92 Å². The fourth-order valence-electron chi connectivity index (χ4n) is 2.84. The molecule has 2 heterocycles. The first-order valence-corrected chi connectivity index (χ1v) is 8.80. The first-order chi connectivity index (χ1) is 11.3. The van der Waals surface area contributed by atoms with E-state index in [1.54, 1.807) is 4.90 Å². The fourth-order valence-corrected chi connectivity index (χ4v) is 2.84. The van der Waals surface area contributed by atoms with Gasteiger partial charge in [-0.2, -0.15) is 0 Å². The molecular formula is C17H30N2O5. The summed E-state index contributed by atoms with van der Waals surface area (Å²) in [4.78, 5) is 28.1. The number of nitrogens with zero attached hydrogens (tertiary/aromatic N) is 2. The Hall–Kier alpha value is -1.34. The van der Waals surface area contributed by atoms with E-state index in [-0.39, 0.29) is 18.0 Å². The van der Waals surface area contributed by atoms with Crippen LogP contribution >= 0.6 is 0 Å². The molecule has 2 aliphatic rings. The Morgan fingerprint density at radius 3 is 2.29 bits per heavy atom. The van der Waals surface area contributed by atoms with E-state index in [4.69, 9.17) is 14.2 Å². The van der Waals surface area contributed by atoms with Crippen LogP contribution in [0.5, 0.6) is 0 Å². The third kappa shape index (κ3) is 6.28. The highest BCUT2D eigenvalue weighted by Gasteiger charge is 2.30. The molecule has 0 spiro atoms. The second-order valence-corrected chi connectivity index (χ2v) is 7.36. The van der Waals surface area contributed by atoms with Gasteiger partial charge in [0.05, 0.1) is 19.1 Å². The van der Waals surface area contributed by atoms with E-state index >= 15 is 0 Å². The highest BCUT2D eigenvalue weighted by atomic mass is 16.6. The average molecular weight is 342 g/mol. The Balaban J connectivity index is 1.64. The molecule has 7 nitrogen and oxygen atoms in total. The van der Waals surface area contributed by atoms with Crippen molar-refractivity contribution < 1.29 is 23.8 Å². The first-order valence-electron chi connectivity index (χ1n) is 8.80. The summed E-state index contributed by atoms with van der Waals surface area (Å²) in [5.41, 5.74) is -0.494. The van der Waals surface area contributed by atoms with Gasteiger partial charge in [-0.15, -0.1) is 0 Å². The number of hydrogen-bond donors (Lipinski definition) is 0. The predicted octanol–water partition coefficient (Wildman–Crippen LogP) is 1.51. The number of ether oxygens (including phenoxy) is 3. The lowest BCUT2D eigenvalue weighted by Crippen LogP contribution is -2.43. The van der Waals surface area contributed by atoms with Crippen molar-refractivity contribution in [3.63, 3.8) is 0 Å². The van der Waals surface area contributed by atoms with E-state index in [0.717, 1.165) is 32.8 Å². The van der Waals surface area contributed by atoms with Gasteiger partial charge in [0.15, 0.2) is 0 Å². The van der Waals surface area contributed by atoms with Gasteiger partial charge in [-0.3, -0.25) is 9.69 Å². The summed E-state index contributed by atoms with van der Waals surface area (Å²) in [7, 11) is 0. The molecule has 0 N–H and O–H groups in total. The van der Waals surface area contributed by atoms with Gasteiger partial charge in [-0.1, -0.05) is 0 Å². The van der Waals surface area contributed by atoms with E-state index in [9.17, 15) is 9.59 Å². The van der Waals surface area contributed by atoms with Gasteiger partial charge in [0, 0.05) is 32.7 Å². The topological polar surface area (TPSA) is 68.3 Å². The predicted molar refractivity (Wildman–Crippen MR) is 88.7 cm³/mol. The fraction of sp³-hybridized carbons (Fsp3) is 0.882. The number of carbonyl (C=O) groups is 2. The Morgan fingerprint density at radius 2 is 1.71 bits per heavy atom. The van der Waals surface area contributed by atoms with Crippen LogP contribution in [0.15, 0.2) is 0 Å². The minimum absolute atomic E-state index is 0.117. The van der Waals surface area contributed by atoms with Gasteiger partial charge in [0.2, 0.25) is 0 Å². The minimum atomic E-state index is -0.494. The van der Waals surface area contributed by atoms with Crippen molar-refractivity contribution in [3.05, 3.63) is 0 Å². The monoisotopic (exact) mass is 342 g/mol. The van der Waals surface area contributed by atoms with Crippen LogP contribution in [0.1, 0.15) is 33.6 Å². The smallest absolute Gasteiger partial charge is 0.410 e. The molecule has 0 unspecified atom stereocenters. The number of amides is 1. The van der Waals surface area contributed by atoms with Crippen LogP contribution in [0.25, 0.3) is 0 Å². The molecule has 1 amide bonds. The van der Waals surface area contributed by atoms with Crippen LogP contribution in [-0.4, -0.2) is 80.0 Å². The molecule has 0 radical (unpaired) electrons. The van der Waals surface area contributed by atoms with Gasteiger partial charge >= 0.3 is 12.1 Å². The number of esters is 1. The number of piperidine rings is 1. The van der Waals surface area contributed by atoms with Crippen molar-refractivity contribution in [2.75, 3.05) is 52.5 Å². The SMILES string of the molecule is CC(C)(C)OC(=O)N1CCC(C(=O)OCCN2CCOCC2)CC1. The molecule has 138 valence electrons. The lowest BCUT2D eigenvalue weighted by atomic mass is 9.97. The van der Waals surface area contributed by atoms with E-state index < -0.39 is 5.60 Å². The second-order valence-electron chi connectivity index (χ2n) is 7.36. The van der Waals surface area contributed by atoms with Gasteiger partial charge in [0.25, 0.3) is 0 Å². The van der Waals surface area contributed by atoms with Crippen molar-refractivity contribution >= 4 is 12.1 Å². The normalized spacial score (nSPS) is 20.7. The largest absolute Gasteiger partial charge is 0.464 e. The molecule has 0 atom stereocenters. The molecule has 0 aromatic carbocycles. The van der Waals surface area contributed by atoms with Crippen molar-refractivity contribution in [2.24, 2.45) is 5.92 Å².